The average Bonchev–Trinajstić information content (AvgIpc) is 3.74. The molecule has 2 saturated heterocycles. The van der Waals surface area contributed by atoms with Crippen molar-refractivity contribution in [2.75, 3.05) is 13.4 Å². The molecule has 1 saturated carbocycles. The largest absolute Gasteiger partial charge is 0.460 e. The quantitative estimate of drug-likeness (QED) is 0.200. The summed E-state index contributed by atoms with van der Waals surface area (Å²) >= 11 is 0. The Balaban J connectivity index is 1.01. The third-order valence-corrected chi connectivity index (χ3v) is 9.59. The topological polar surface area (TPSA) is 162 Å². The molecule has 2 amide bonds. The average molecular weight is 717 g/mol. The molecule has 3 fully saturated rings. The second-order valence-corrected chi connectivity index (χ2v) is 14.9. The van der Waals surface area contributed by atoms with Gasteiger partial charge in [0.15, 0.2) is 0 Å². The number of esters is 2. The monoisotopic (exact) mass is 716 g/mol. The van der Waals surface area contributed by atoms with E-state index in [0.29, 0.717) is 40.4 Å². The normalized spacial score (nSPS) is 25.7. The van der Waals surface area contributed by atoms with E-state index in [0.717, 1.165) is 24.8 Å². The van der Waals surface area contributed by atoms with Gasteiger partial charge in [0.1, 0.15) is 30.7 Å². The van der Waals surface area contributed by atoms with E-state index in [1.54, 1.807) is 63.2 Å². The number of aliphatic hydroxyl groups is 1. The molecule has 52 heavy (non-hydrogen) atoms. The molecule has 2 aromatic carbocycles. The van der Waals surface area contributed by atoms with Crippen LogP contribution in [0.4, 0.5) is 0 Å². The van der Waals surface area contributed by atoms with Crippen LogP contribution in [0.5, 0.6) is 0 Å². The first-order valence-corrected chi connectivity index (χ1v) is 18.0. The van der Waals surface area contributed by atoms with Gasteiger partial charge < -0.3 is 39.4 Å². The molecule has 2 aliphatic heterocycles. The molecule has 12 heteroatoms. The number of aliphatic hydroxyl groups excluding tert-OH is 1. The van der Waals surface area contributed by atoms with Gasteiger partial charge in [0.25, 0.3) is 5.91 Å². The molecule has 12 nitrogen and oxygen atoms in total. The zero-order valence-corrected chi connectivity index (χ0v) is 29.9. The zero-order valence-electron chi connectivity index (χ0n) is 29.9. The molecule has 6 rings (SSSR count). The lowest BCUT2D eigenvalue weighted by Gasteiger charge is -2.30. The Morgan fingerprint density at radius 1 is 1.00 bits per heavy atom. The molecule has 4 aliphatic rings. The highest BCUT2D eigenvalue weighted by Crippen LogP contribution is 2.40. The lowest BCUT2D eigenvalue weighted by molar-refractivity contribution is -0.155. The maximum atomic E-state index is 13.4. The maximum Gasteiger partial charge on any atom is 0.338 e. The van der Waals surface area contributed by atoms with Gasteiger partial charge in [-0.05, 0) is 93.8 Å². The first-order chi connectivity index (χ1) is 24.9. The molecule has 3 N–H and O–H groups in total. The molecule has 7 atom stereocenters. The number of benzene rings is 2. The Kier molecular flexibility index (Phi) is 11.9. The van der Waals surface area contributed by atoms with E-state index in [9.17, 15) is 24.3 Å². The molecule has 2 aliphatic carbocycles. The van der Waals surface area contributed by atoms with Crippen LogP contribution >= 0.6 is 0 Å². The van der Waals surface area contributed by atoms with Crippen LogP contribution in [0, 0.1) is 5.92 Å². The Labute approximate surface area is 303 Å². The molecule has 2 aromatic rings. The van der Waals surface area contributed by atoms with Gasteiger partial charge >= 0.3 is 11.9 Å². The number of nitrogens with one attached hydrogen (secondary N) is 2. The molecule has 0 radical (unpaired) electrons. The number of hydrogen-bond acceptors (Lipinski definition) is 10. The van der Waals surface area contributed by atoms with Gasteiger partial charge in [-0.2, -0.15) is 0 Å². The molecule has 0 spiro atoms. The first kappa shape index (κ1) is 37.4. The number of carbonyl (C=O) groups is 4. The second kappa shape index (κ2) is 16.5. The fourth-order valence-corrected chi connectivity index (χ4v) is 6.84. The summed E-state index contributed by atoms with van der Waals surface area (Å²) < 4.78 is 28.3. The summed E-state index contributed by atoms with van der Waals surface area (Å²) in [5, 5.41) is 15.4. The number of rotatable bonds is 13. The Morgan fingerprint density at radius 2 is 1.81 bits per heavy atom. The number of epoxide rings is 1. The predicted molar refractivity (Wildman–Crippen MR) is 190 cm³/mol. The van der Waals surface area contributed by atoms with Crippen LogP contribution in [-0.4, -0.2) is 84.4 Å². The number of carbonyl (C=O) groups excluding carboxylic acids is 4. The van der Waals surface area contributed by atoms with Crippen molar-refractivity contribution < 1.29 is 48.0 Å². The number of allylic oxidation sites excluding steroid dienone is 1. The van der Waals surface area contributed by atoms with E-state index >= 15 is 0 Å². The molecular weight excluding hydrogens is 668 g/mol. The predicted octanol–water partition coefficient (Wildman–Crippen LogP) is 4.39. The van der Waals surface area contributed by atoms with Crippen molar-refractivity contribution in [1.29, 1.82) is 0 Å². The fourth-order valence-electron chi connectivity index (χ4n) is 6.84. The number of fused-ring (bicyclic) bond motifs is 2. The van der Waals surface area contributed by atoms with Crippen LogP contribution in [0.15, 0.2) is 66.3 Å². The minimum absolute atomic E-state index is 0.0237. The Hall–Kier alpha value is -4.36. The van der Waals surface area contributed by atoms with Crippen molar-refractivity contribution in [3.8, 4) is 0 Å². The summed E-state index contributed by atoms with van der Waals surface area (Å²) in [6, 6.07) is 13.4. The van der Waals surface area contributed by atoms with Crippen molar-refractivity contribution in [2.24, 2.45) is 5.92 Å². The highest BCUT2D eigenvalue weighted by Gasteiger charge is 2.44. The minimum Gasteiger partial charge on any atom is -0.460 e. The summed E-state index contributed by atoms with van der Waals surface area (Å²) in [6.45, 7) is 5.14. The van der Waals surface area contributed by atoms with Crippen molar-refractivity contribution in [3.63, 3.8) is 0 Å². The summed E-state index contributed by atoms with van der Waals surface area (Å²) in [7, 11) is 0. The van der Waals surface area contributed by atoms with Crippen LogP contribution in [0.25, 0.3) is 6.08 Å². The summed E-state index contributed by atoms with van der Waals surface area (Å²) in [6.07, 6.45) is 8.61. The van der Waals surface area contributed by atoms with Crippen LogP contribution in [0.1, 0.15) is 91.1 Å². The van der Waals surface area contributed by atoms with Gasteiger partial charge in [-0.3, -0.25) is 14.4 Å². The lowest BCUT2D eigenvalue weighted by atomic mass is 9.88. The summed E-state index contributed by atoms with van der Waals surface area (Å²) in [5.74, 6) is -1.23. The summed E-state index contributed by atoms with van der Waals surface area (Å²) in [4.78, 5) is 51.8. The fraction of sp³-hybridized carbons (Fsp3) is 0.500. The lowest BCUT2D eigenvalue weighted by Crippen LogP contribution is -2.43. The molecular formula is C40H48N2O10. The Bertz CT molecular complexity index is 1700. The van der Waals surface area contributed by atoms with E-state index in [4.69, 9.17) is 23.7 Å². The van der Waals surface area contributed by atoms with Gasteiger partial charge in [0.2, 0.25) is 5.91 Å². The molecule has 278 valence electrons. The van der Waals surface area contributed by atoms with Crippen molar-refractivity contribution in [1.82, 2.24) is 10.6 Å². The van der Waals surface area contributed by atoms with Crippen LogP contribution < -0.4 is 10.6 Å². The highest BCUT2D eigenvalue weighted by molar-refractivity contribution is 5.95. The standard InChI is InChI=1S/C40H48N2O10/c1-40(2,3)52-35(44)15-13-30(22-43)42-38(46)27-8-5-7-26(17-27)21-41-37(45)29-19-33-36(49-23-48-33)34(20-29)51-39(47)28-9-4-6-24(16-28)10-11-25-12-14-31-32(18-25)50-31/h4-11,16-17,19,25,30-34,36,43H,12-15,18,20-23H2,1-3H3,(H,41,45)(H,42,46). The van der Waals surface area contributed by atoms with Gasteiger partial charge in [0, 0.05) is 30.5 Å². The van der Waals surface area contributed by atoms with Crippen LogP contribution in [-0.2, 0) is 39.8 Å². The van der Waals surface area contributed by atoms with E-state index < -0.39 is 47.8 Å². The minimum atomic E-state index is -0.736. The molecule has 0 bridgehead atoms. The van der Waals surface area contributed by atoms with Crippen molar-refractivity contribution in [3.05, 3.63) is 88.5 Å². The van der Waals surface area contributed by atoms with E-state index in [2.05, 4.69) is 16.7 Å². The molecule has 7 unspecified atom stereocenters. The summed E-state index contributed by atoms with van der Waals surface area (Å²) in [5.41, 5.74) is 2.11. The van der Waals surface area contributed by atoms with Crippen molar-refractivity contribution in [2.45, 2.75) is 108 Å². The van der Waals surface area contributed by atoms with Crippen molar-refractivity contribution >= 4 is 29.8 Å². The maximum absolute atomic E-state index is 13.4. The van der Waals surface area contributed by atoms with E-state index in [1.807, 2.05) is 18.2 Å². The number of amides is 2. The van der Waals surface area contributed by atoms with Gasteiger partial charge in [-0.15, -0.1) is 0 Å². The number of hydrogen-bond donors (Lipinski definition) is 3. The van der Waals surface area contributed by atoms with Crippen LogP contribution in [0.3, 0.4) is 0 Å². The smallest absolute Gasteiger partial charge is 0.338 e. The van der Waals surface area contributed by atoms with Gasteiger partial charge in [-0.1, -0.05) is 36.4 Å². The van der Waals surface area contributed by atoms with E-state index in [1.165, 1.54) is 0 Å². The third kappa shape index (κ3) is 10.2. The highest BCUT2D eigenvalue weighted by atomic mass is 16.7. The first-order valence-electron chi connectivity index (χ1n) is 18.0. The van der Waals surface area contributed by atoms with Crippen LogP contribution in [0.2, 0.25) is 0 Å². The molecule has 0 aromatic heterocycles. The Morgan fingerprint density at radius 3 is 2.60 bits per heavy atom. The number of ether oxygens (including phenoxy) is 5. The van der Waals surface area contributed by atoms with Gasteiger partial charge in [-0.25, -0.2) is 4.79 Å². The second-order valence-electron chi connectivity index (χ2n) is 14.9. The molecule has 2 heterocycles. The van der Waals surface area contributed by atoms with Gasteiger partial charge in [0.05, 0.1) is 30.4 Å². The zero-order chi connectivity index (χ0) is 36.8. The SMILES string of the molecule is CC(C)(C)OC(=O)CCC(CO)NC(=O)c1cccc(CNC(=O)C2=CC3OCOC3C(OC(=O)c3cccc(C=CC4CCC5OC5C4)c3)C2)c1. The van der Waals surface area contributed by atoms with E-state index in [-0.39, 0.29) is 45.1 Å². The third-order valence-electron chi connectivity index (χ3n) is 9.59.